The zero-order chi connectivity index (χ0) is 12.3. The second-order valence-corrected chi connectivity index (χ2v) is 3.56. The molecule has 0 saturated heterocycles. The molecule has 0 aliphatic rings. The number of hydrogen-bond acceptors (Lipinski definition) is 1. The Kier molecular flexibility index (Phi) is 4.18. The van der Waals surface area contributed by atoms with Crippen LogP contribution in [0, 0.1) is 5.82 Å². The van der Waals surface area contributed by atoms with E-state index in [0.717, 1.165) is 6.07 Å². The first-order valence-electron chi connectivity index (χ1n) is 4.37. The average Bonchev–Trinajstić information content (AvgIpc) is 2.18. The van der Waals surface area contributed by atoms with E-state index in [4.69, 9.17) is 16.7 Å². The van der Waals surface area contributed by atoms with Crippen molar-refractivity contribution in [2.45, 2.75) is 18.8 Å². The Labute approximate surface area is 94.6 Å². The van der Waals surface area contributed by atoms with Crippen LogP contribution in [0.3, 0.4) is 0 Å². The molecule has 0 aromatic heterocycles. The number of carboxylic acid groups (broad SMARTS) is 1. The van der Waals surface area contributed by atoms with Crippen LogP contribution in [0.5, 0.6) is 0 Å². The van der Waals surface area contributed by atoms with Crippen LogP contribution >= 0.6 is 11.6 Å². The molecule has 1 aromatic rings. The molecule has 1 N–H and O–H groups in total. The van der Waals surface area contributed by atoms with Gasteiger partial charge < -0.3 is 5.11 Å². The zero-order valence-electron chi connectivity index (χ0n) is 7.96. The highest BCUT2D eigenvalue weighted by atomic mass is 35.5. The molecule has 16 heavy (non-hydrogen) atoms. The molecule has 0 aliphatic heterocycles. The molecule has 0 heterocycles. The van der Waals surface area contributed by atoms with Crippen LogP contribution in [0.4, 0.5) is 13.2 Å². The number of alkyl halides is 2. The Morgan fingerprint density at radius 3 is 2.56 bits per heavy atom. The van der Waals surface area contributed by atoms with E-state index in [1.165, 1.54) is 12.1 Å². The van der Waals surface area contributed by atoms with Crippen molar-refractivity contribution in [2.24, 2.45) is 0 Å². The Bertz CT molecular complexity index is 396. The molecular weight excluding hydrogens is 245 g/mol. The first-order valence-corrected chi connectivity index (χ1v) is 4.75. The summed E-state index contributed by atoms with van der Waals surface area (Å²) in [5, 5.41) is 8.03. The standard InChI is InChI=1S/C10H8ClF3O2/c11-9-5(2-1-3-7(9)12)6(10(13)14)4-8(15)16/h1-3,6,10H,4H2,(H,15,16). The number of aliphatic carboxylic acids is 1. The number of hydrogen-bond donors (Lipinski definition) is 1. The molecule has 1 atom stereocenters. The lowest BCUT2D eigenvalue weighted by Crippen LogP contribution is -2.15. The van der Waals surface area contributed by atoms with Crippen LogP contribution < -0.4 is 0 Å². The monoisotopic (exact) mass is 252 g/mol. The minimum Gasteiger partial charge on any atom is -0.481 e. The minimum atomic E-state index is -2.91. The number of halogens is 4. The number of benzene rings is 1. The molecule has 1 rings (SSSR count). The van der Waals surface area contributed by atoms with Crippen LogP contribution in [0.15, 0.2) is 18.2 Å². The van der Waals surface area contributed by atoms with E-state index < -0.39 is 35.6 Å². The number of rotatable bonds is 4. The van der Waals surface area contributed by atoms with Gasteiger partial charge >= 0.3 is 5.97 Å². The second kappa shape index (κ2) is 5.21. The van der Waals surface area contributed by atoms with Gasteiger partial charge in [0.1, 0.15) is 5.82 Å². The summed E-state index contributed by atoms with van der Waals surface area (Å²) in [4.78, 5) is 10.4. The van der Waals surface area contributed by atoms with Gasteiger partial charge in [-0.15, -0.1) is 0 Å². The predicted molar refractivity (Wildman–Crippen MR) is 52.4 cm³/mol. The highest BCUT2D eigenvalue weighted by Crippen LogP contribution is 2.33. The van der Waals surface area contributed by atoms with E-state index in [1.807, 2.05) is 0 Å². The van der Waals surface area contributed by atoms with Gasteiger partial charge in [-0.1, -0.05) is 23.7 Å². The summed E-state index contributed by atoms with van der Waals surface area (Å²) in [5.74, 6) is -3.82. The predicted octanol–water partition coefficient (Wildman–Crippen LogP) is 3.30. The zero-order valence-corrected chi connectivity index (χ0v) is 8.72. The first kappa shape index (κ1) is 12.8. The Morgan fingerprint density at radius 1 is 1.44 bits per heavy atom. The molecule has 0 spiro atoms. The van der Waals surface area contributed by atoms with Crippen molar-refractivity contribution < 1.29 is 23.1 Å². The van der Waals surface area contributed by atoms with Crippen molar-refractivity contribution in [2.75, 3.05) is 0 Å². The van der Waals surface area contributed by atoms with Gasteiger partial charge in [0.25, 0.3) is 0 Å². The molecule has 6 heteroatoms. The van der Waals surface area contributed by atoms with Gasteiger partial charge in [-0.3, -0.25) is 4.79 Å². The lowest BCUT2D eigenvalue weighted by molar-refractivity contribution is -0.138. The van der Waals surface area contributed by atoms with Crippen LogP contribution in [0.1, 0.15) is 17.9 Å². The van der Waals surface area contributed by atoms with Crippen molar-refractivity contribution in [3.63, 3.8) is 0 Å². The van der Waals surface area contributed by atoms with Crippen LogP contribution in [0.2, 0.25) is 5.02 Å². The summed E-state index contributed by atoms with van der Waals surface area (Å²) >= 11 is 5.51. The van der Waals surface area contributed by atoms with E-state index in [9.17, 15) is 18.0 Å². The summed E-state index contributed by atoms with van der Waals surface area (Å²) in [6, 6.07) is 3.44. The van der Waals surface area contributed by atoms with E-state index in [0.29, 0.717) is 0 Å². The number of carboxylic acids is 1. The van der Waals surface area contributed by atoms with Crippen molar-refractivity contribution >= 4 is 17.6 Å². The quantitative estimate of drug-likeness (QED) is 0.893. The Morgan fingerprint density at radius 2 is 2.06 bits per heavy atom. The van der Waals surface area contributed by atoms with Crippen molar-refractivity contribution in [3.8, 4) is 0 Å². The van der Waals surface area contributed by atoms with Crippen molar-refractivity contribution in [1.82, 2.24) is 0 Å². The van der Waals surface area contributed by atoms with Gasteiger partial charge in [-0.25, -0.2) is 13.2 Å². The molecule has 0 saturated carbocycles. The fourth-order valence-corrected chi connectivity index (χ4v) is 1.60. The maximum absolute atomic E-state index is 13.0. The van der Waals surface area contributed by atoms with Gasteiger partial charge in [-0.05, 0) is 11.6 Å². The third-order valence-electron chi connectivity index (χ3n) is 2.08. The van der Waals surface area contributed by atoms with E-state index in [1.54, 1.807) is 0 Å². The van der Waals surface area contributed by atoms with Crippen molar-refractivity contribution in [3.05, 3.63) is 34.6 Å². The fraction of sp³-hybridized carbons (Fsp3) is 0.300. The maximum atomic E-state index is 13.0. The molecule has 0 radical (unpaired) electrons. The third-order valence-corrected chi connectivity index (χ3v) is 2.48. The average molecular weight is 253 g/mol. The van der Waals surface area contributed by atoms with Gasteiger partial charge in [0.05, 0.1) is 17.4 Å². The Hall–Kier alpha value is -1.23. The summed E-state index contributed by atoms with van der Waals surface area (Å²) in [7, 11) is 0. The van der Waals surface area contributed by atoms with E-state index in [-0.39, 0.29) is 5.56 Å². The molecule has 0 amide bonds. The lowest BCUT2D eigenvalue weighted by Gasteiger charge is -2.15. The highest BCUT2D eigenvalue weighted by Gasteiger charge is 2.28. The molecule has 0 fully saturated rings. The first-order chi connectivity index (χ1) is 7.43. The number of carbonyl (C=O) groups is 1. The van der Waals surface area contributed by atoms with E-state index >= 15 is 0 Å². The largest absolute Gasteiger partial charge is 0.481 e. The van der Waals surface area contributed by atoms with Gasteiger partial charge in [0.2, 0.25) is 6.43 Å². The van der Waals surface area contributed by atoms with Crippen molar-refractivity contribution in [1.29, 1.82) is 0 Å². The molecule has 1 aromatic carbocycles. The smallest absolute Gasteiger partial charge is 0.304 e. The third kappa shape index (κ3) is 2.88. The topological polar surface area (TPSA) is 37.3 Å². The Balaban J connectivity index is 3.10. The molecule has 2 nitrogen and oxygen atoms in total. The summed E-state index contributed by atoms with van der Waals surface area (Å²) in [5.41, 5.74) is -0.181. The molecule has 1 unspecified atom stereocenters. The maximum Gasteiger partial charge on any atom is 0.304 e. The van der Waals surface area contributed by atoms with Crippen LogP contribution in [0.25, 0.3) is 0 Å². The van der Waals surface area contributed by atoms with Gasteiger partial charge in [0, 0.05) is 0 Å². The van der Waals surface area contributed by atoms with Crippen LogP contribution in [-0.4, -0.2) is 17.5 Å². The minimum absolute atomic E-state index is 0.181. The van der Waals surface area contributed by atoms with E-state index in [2.05, 4.69) is 0 Å². The molecule has 0 aliphatic carbocycles. The SMILES string of the molecule is O=C(O)CC(c1cccc(F)c1Cl)C(F)F. The summed E-state index contributed by atoms with van der Waals surface area (Å²) in [6.45, 7) is 0. The highest BCUT2D eigenvalue weighted by molar-refractivity contribution is 6.31. The molecular formula is C10H8ClF3O2. The fourth-order valence-electron chi connectivity index (χ4n) is 1.33. The normalized spacial score (nSPS) is 12.8. The summed E-state index contributed by atoms with van der Waals surface area (Å²) < 4.78 is 38.2. The van der Waals surface area contributed by atoms with Crippen LogP contribution in [-0.2, 0) is 4.79 Å². The van der Waals surface area contributed by atoms with Gasteiger partial charge in [0.15, 0.2) is 0 Å². The molecule has 88 valence electrons. The van der Waals surface area contributed by atoms with Gasteiger partial charge in [-0.2, -0.15) is 0 Å². The second-order valence-electron chi connectivity index (χ2n) is 3.18. The summed E-state index contributed by atoms with van der Waals surface area (Å²) in [6.07, 6.45) is -3.70. The lowest BCUT2D eigenvalue weighted by atomic mass is 9.96. The molecule has 0 bridgehead atoms.